The maximum absolute atomic E-state index is 4.88. The Kier molecular flexibility index (Phi) is 14.1. The highest BCUT2D eigenvalue weighted by molar-refractivity contribution is 5.07. The van der Waals surface area contributed by atoms with Crippen molar-refractivity contribution in [2.45, 2.75) is 33.6 Å². The zero-order valence-corrected chi connectivity index (χ0v) is 8.18. The van der Waals surface area contributed by atoms with E-state index in [1.807, 2.05) is 6.08 Å². The average molecular weight is 156 g/mol. The predicted molar refractivity (Wildman–Crippen MR) is 51.5 cm³/mol. The molecule has 0 radical (unpaired) electrons. The molecule has 0 atom stereocenters. The van der Waals surface area contributed by atoms with Gasteiger partial charge < -0.3 is 4.74 Å². The van der Waals surface area contributed by atoms with Crippen LogP contribution in [-0.4, -0.2) is 7.11 Å². The summed E-state index contributed by atoms with van der Waals surface area (Å²) in [7, 11) is 1.64. The van der Waals surface area contributed by atoms with Crippen molar-refractivity contribution in [3.63, 3.8) is 0 Å². The molecular weight excluding hydrogens is 136 g/mol. The Labute approximate surface area is 70.8 Å². The van der Waals surface area contributed by atoms with Crippen LogP contribution in [-0.2, 0) is 4.74 Å². The van der Waals surface area contributed by atoms with E-state index in [9.17, 15) is 0 Å². The van der Waals surface area contributed by atoms with Gasteiger partial charge in [-0.2, -0.15) is 0 Å². The SMILES string of the molecule is C=C/C(=C\CC)OC.CCC. The van der Waals surface area contributed by atoms with Crippen LogP contribution in [0.5, 0.6) is 0 Å². The molecular formula is C10H20O. The molecule has 0 aliphatic heterocycles. The van der Waals surface area contributed by atoms with E-state index >= 15 is 0 Å². The van der Waals surface area contributed by atoms with Crippen LogP contribution in [0.15, 0.2) is 24.5 Å². The van der Waals surface area contributed by atoms with Crippen LogP contribution in [0.1, 0.15) is 33.6 Å². The van der Waals surface area contributed by atoms with Gasteiger partial charge in [-0.3, -0.25) is 0 Å². The van der Waals surface area contributed by atoms with Crippen molar-refractivity contribution in [1.82, 2.24) is 0 Å². The zero-order valence-electron chi connectivity index (χ0n) is 8.18. The summed E-state index contributed by atoms with van der Waals surface area (Å²) in [5.41, 5.74) is 0. The molecule has 0 bridgehead atoms. The van der Waals surface area contributed by atoms with Crippen LogP contribution in [0.2, 0.25) is 0 Å². The first kappa shape index (κ1) is 12.9. The van der Waals surface area contributed by atoms with E-state index in [-0.39, 0.29) is 0 Å². The minimum atomic E-state index is 0.854. The van der Waals surface area contributed by atoms with Gasteiger partial charge >= 0.3 is 0 Å². The number of allylic oxidation sites excluding steroid dienone is 2. The number of methoxy groups -OCH3 is 1. The Morgan fingerprint density at radius 2 is 1.82 bits per heavy atom. The van der Waals surface area contributed by atoms with Crippen LogP contribution in [0.4, 0.5) is 0 Å². The van der Waals surface area contributed by atoms with Gasteiger partial charge in [0.1, 0.15) is 5.76 Å². The van der Waals surface area contributed by atoms with Gasteiger partial charge in [0.2, 0.25) is 0 Å². The molecule has 0 unspecified atom stereocenters. The molecule has 0 fully saturated rings. The van der Waals surface area contributed by atoms with Gasteiger partial charge in [-0.15, -0.1) is 0 Å². The number of rotatable bonds is 3. The highest BCUT2D eigenvalue weighted by atomic mass is 16.5. The molecule has 0 aliphatic rings. The Morgan fingerprint density at radius 1 is 1.36 bits per heavy atom. The quantitative estimate of drug-likeness (QED) is 0.448. The van der Waals surface area contributed by atoms with E-state index in [1.165, 1.54) is 6.42 Å². The molecule has 0 saturated carbocycles. The number of hydrogen-bond donors (Lipinski definition) is 0. The fraction of sp³-hybridized carbons (Fsp3) is 0.600. The second-order valence-electron chi connectivity index (χ2n) is 2.13. The molecule has 0 rings (SSSR count). The molecule has 1 nitrogen and oxygen atoms in total. The third-order valence-corrected chi connectivity index (χ3v) is 0.842. The monoisotopic (exact) mass is 156 g/mol. The van der Waals surface area contributed by atoms with Crippen LogP contribution in [0.25, 0.3) is 0 Å². The maximum Gasteiger partial charge on any atom is 0.114 e. The molecule has 0 N–H and O–H groups in total. The first-order valence-electron chi connectivity index (χ1n) is 4.13. The van der Waals surface area contributed by atoms with Gasteiger partial charge in [-0.05, 0) is 18.6 Å². The van der Waals surface area contributed by atoms with Crippen LogP contribution < -0.4 is 0 Å². The fourth-order valence-electron chi connectivity index (χ4n) is 0.451. The van der Waals surface area contributed by atoms with Gasteiger partial charge in [0, 0.05) is 0 Å². The lowest BCUT2D eigenvalue weighted by molar-refractivity contribution is 0.305. The standard InChI is InChI=1S/C7H12O.C3H8/c1-4-6-7(5-2)8-3;1-3-2/h5-6H,2,4H2,1,3H3;3H2,1-2H3/b7-6+;. The molecule has 0 aromatic heterocycles. The molecule has 0 saturated heterocycles. The Hall–Kier alpha value is -0.720. The first-order valence-corrected chi connectivity index (χ1v) is 4.13. The minimum Gasteiger partial charge on any atom is -0.497 e. The molecule has 0 aliphatic carbocycles. The Balaban J connectivity index is 0. The Morgan fingerprint density at radius 3 is 1.91 bits per heavy atom. The van der Waals surface area contributed by atoms with E-state index in [2.05, 4.69) is 27.4 Å². The van der Waals surface area contributed by atoms with Crippen molar-refractivity contribution in [1.29, 1.82) is 0 Å². The van der Waals surface area contributed by atoms with Gasteiger partial charge in [0.15, 0.2) is 0 Å². The van der Waals surface area contributed by atoms with Crippen LogP contribution >= 0.6 is 0 Å². The van der Waals surface area contributed by atoms with Gasteiger partial charge in [0.25, 0.3) is 0 Å². The molecule has 1 heteroatoms. The fourth-order valence-corrected chi connectivity index (χ4v) is 0.451. The molecule has 66 valence electrons. The second-order valence-corrected chi connectivity index (χ2v) is 2.13. The zero-order chi connectivity index (χ0) is 9.11. The minimum absolute atomic E-state index is 0.854. The lowest BCUT2D eigenvalue weighted by Gasteiger charge is -1.95. The van der Waals surface area contributed by atoms with E-state index in [0.717, 1.165) is 12.2 Å². The molecule has 0 heterocycles. The number of ether oxygens (including phenoxy) is 1. The molecule has 0 amide bonds. The summed E-state index contributed by atoms with van der Waals surface area (Å²) < 4.78 is 4.88. The van der Waals surface area contributed by atoms with Crippen molar-refractivity contribution in [3.05, 3.63) is 24.5 Å². The van der Waals surface area contributed by atoms with E-state index in [1.54, 1.807) is 13.2 Å². The topological polar surface area (TPSA) is 9.23 Å². The average Bonchev–Trinajstić information content (AvgIpc) is 2.02. The highest BCUT2D eigenvalue weighted by Crippen LogP contribution is 1.96. The largest absolute Gasteiger partial charge is 0.497 e. The Bertz CT molecular complexity index is 103. The van der Waals surface area contributed by atoms with Gasteiger partial charge in [0.05, 0.1) is 7.11 Å². The number of hydrogen-bond acceptors (Lipinski definition) is 1. The normalized spacial score (nSPS) is 9.64. The van der Waals surface area contributed by atoms with Crippen molar-refractivity contribution >= 4 is 0 Å². The summed E-state index contributed by atoms with van der Waals surface area (Å²) in [5.74, 6) is 0.854. The third-order valence-electron chi connectivity index (χ3n) is 0.842. The highest BCUT2D eigenvalue weighted by Gasteiger charge is 1.80. The van der Waals surface area contributed by atoms with Crippen molar-refractivity contribution in [2.75, 3.05) is 7.11 Å². The lowest BCUT2D eigenvalue weighted by atomic mass is 10.4. The summed E-state index contributed by atoms with van der Waals surface area (Å²) in [5, 5.41) is 0. The van der Waals surface area contributed by atoms with Crippen molar-refractivity contribution in [2.24, 2.45) is 0 Å². The summed E-state index contributed by atoms with van der Waals surface area (Å²) in [6, 6.07) is 0. The molecule has 0 aromatic rings. The van der Waals surface area contributed by atoms with E-state index in [4.69, 9.17) is 4.74 Å². The summed E-state index contributed by atoms with van der Waals surface area (Å²) in [6.45, 7) is 9.87. The summed E-state index contributed by atoms with van der Waals surface area (Å²) >= 11 is 0. The summed E-state index contributed by atoms with van der Waals surface area (Å²) in [6.07, 6.45) is 5.92. The van der Waals surface area contributed by atoms with Crippen molar-refractivity contribution in [3.8, 4) is 0 Å². The third kappa shape index (κ3) is 12.5. The molecule has 0 aromatic carbocycles. The van der Waals surface area contributed by atoms with E-state index in [0.29, 0.717) is 0 Å². The van der Waals surface area contributed by atoms with Crippen LogP contribution in [0.3, 0.4) is 0 Å². The molecule has 11 heavy (non-hydrogen) atoms. The van der Waals surface area contributed by atoms with Crippen molar-refractivity contribution < 1.29 is 4.74 Å². The van der Waals surface area contributed by atoms with E-state index < -0.39 is 0 Å². The van der Waals surface area contributed by atoms with Gasteiger partial charge in [-0.1, -0.05) is 33.8 Å². The maximum atomic E-state index is 4.88. The first-order chi connectivity index (χ1) is 5.26. The predicted octanol–water partition coefficient (Wildman–Crippen LogP) is 3.53. The molecule has 0 spiro atoms. The lowest BCUT2D eigenvalue weighted by Crippen LogP contribution is -1.78. The van der Waals surface area contributed by atoms with Crippen LogP contribution in [0, 0.1) is 0 Å². The summed E-state index contributed by atoms with van der Waals surface area (Å²) in [4.78, 5) is 0. The smallest absolute Gasteiger partial charge is 0.114 e. The second kappa shape index (κ2) is 12.0. The van der Waals surface area contributed by atoms with Gasteiger partial charge in [-0.25, -0.2) is 0 Å².